The second-order valence-corrected chi connectivity index (χ2v) is 4.30. The molecule has 2 atom stereocenters. The smallest absolute Gasteiger partial charge is 0.326 e. The number of carboxylic acid groups (broad SMARTS) is 1. The summed E-state index contributed by atoms with van der Waals surface area (Å²) in [6.07, 6.45) is 0.943. The van der Waals surface area contributed by atoms with Gasteiger partial charge in [0, 0.05) is 26.7 Å². The minimum Gasteiger partial charge on any atom is -0.480 e. The summed E-state index contributed by atoms with van der Waals surface area (Å²) in [7, 11) is 1.44. The van der Waals surface area contributed by atoms with Crippen LogP contribution in [0, 0.1) is 0 Å². The number of aliphatic carboxylic acids is 1. The number of carboxylic acids is 1. The molecular formula is C12H23N3O5. The standard InChI is InChI=1S/C12H23N3O5/c1-4-6-13-10(16)8(2)14-12(19)15-9(11(17)18)5-7-20-3/h8-9H,4-7H2,1-3H3,(H,13,16)(H,17,18)(H2,14,15,19). The van der Waals surface area contributed by atoms with E-state index in [1.165, 1.54) is 14.0 Å². The molecule has 116 valence electrons. The average molecular weight is 289 g/mol. The molecule has 0 radical (unpaired) electrons. The molecule has 0 aromatic rings. The van der Waals surface area contributed by atoms with E-state index in [0.29, 0.717) is 6.54 Å². The Bertz CT molecular complexity index is 335. The quantitative estimate of drug-likeness (QED) is 0.464. The molecule has 0 aliphatic carbocycles. The largest absolute Gasteiger partial charge is 0.480 e. The van der Waals surface area contributed by atoms with Gasteiger partial charge in [-0.25, -0.2) is 9.59 Å². The summed E-state index contributed by atoms with van der Waals surface area (Å²) in [4.78, 5) is 34.1. The number of amides is 3. The lowest BCUT2D eigenvalue weighted by Gasteiger charge is -2.18. The summed E-state index contributed by atoms with van der Waals surface area (Å²) in [5.41, 5.74) is 0. The van der Waals surface area contributed by atoms with Crippen LogP contribution in [-0.4, -0.2) is 55.4 Å². The minimum absolute atomic E-state index is 0.148. The highest BCUT2D eigenvalue weighted by molar-refractivity contribution is 5.88. The maximum absolute atomic E-state index is 11.6. The van der Waals surface area contributed by atoms with Crippen LogP contribution >= 0.6 is 0 Å². The fraction of sp³-hybridized carbons (Fsp3) is 0.750. The zero-order valence-electron chi connectivity index (χ0n) is 12.1. The van der Waals surface area contributed by atoms with Gasteiger partial charge in [0.2, 0.25) is 5.91 Å². The molecule has 0 bridgehead atoms. The van der Waals surface area contributed by atoms with Gasteiger partial charge in [-0.2, -0.15) is 0 Å². The van der Waals surface area contributed by atoms with Crippen LogP contribution in [0.1, 0.15) is 26.7 Å². The molecule has 0 saturated heterocycles. The van der Waals surface area contributed by atoms with Gasteiger partial charge >= 0.3 is 12.0 Å². The van der Waals surface area contributed by atoms with Crippen molar-refractivity contribution < 1.29 is 24.2 Å². The van der Waals surface area contributed by atoms with Gasteiger partial charge in [-0.15, -0.1) is 0 Å². The molecule has 0 aromatic carbocycles. The highest BCUT2D eigenvalue weighted by atomic mass is 16.5. The number of hydrogen-bond donors (Lipinski definition) is 4. The fourth-order valence-corrected chi connectivity index (χ4v) is 1.36. The average Bonchev–Trinajstić information content (AvgIpc) is 2.40. The number of methoxy groups -OCH3 is 1. The van der Waals surface area contributed by atoms with Crippen molar-refractivity contribution in [2.75, 3.05) is 20.3 Å². The Morgan fingerprint density at radius 2 is 1.90 bits per heavy atom. The van der Waals surface area contributed by atoms with Crippen molar-refractivity contribution in [2.45, 2.75) is 38.8 Å². The normalized spacial score (nSPS) is 13.2. The number of rotatable bonds is 9. The molecule has 0 aliphatic rings. The van der Waals surface area contributed by atoms with Gasteiger partial charge in [0.1, 0.15) is 12.1 Å². The molecule has 0 fully saturated rings. The van der Waals surface area contributed by atoms with Crippen LogP contribution in [0.15, 0.2) is 0 Å². The van der Waals surface area contributed by atoms with Crippen molar-refractivity contribution in [1.29, 1.82) is 0 Å². The minimum atomic E-state index is -1.15. The van der Waals surface area contributed by atoms with Crippen LogP contribution in [0.25, 0.3) is 0 Å². The molecule has 2 unspecified atom stereocenters. The Hall–Kier alpha value is -1.83. The third-order valence-corrected chi connectivity index (χ3v) is 2.50. The first-order valence-electron chi connectivity index (χ1n) is 6.48. The van der Waals surface area contributed by atoms with Crippen molar-refractivity contribution in [3.63, 3.8) is 0 Å². The predicted octanol–water partition coefficient (Wildman–Crippen LogP) is -0.310. The highest BCUT2D eigenvalue weighted by Gasteiger charge is 2.21. The molecule has 0 aromatic heterocycles. The lowest BCUT2D eigenvalue weighted by Crippen LogP contribution is -2.52. The number of carbonyl (C=O) groups is 3. The van der Waals surface area contributed by atoms with E-state index in [4.69, 9.17) is 9.84 Å². The van der Waals surface area contributed by atoms with E-state index in [2.05, 4.69) is 16.0 Å². The van der Waals surface area contributed by atoms with Gasteiger partial charge in [0.05, 0.1) is 0 Å². The van der Waals surface area contributed by atoms with Gasteiger partial charge in [0.25, 0.3) is 0 Å². The fourth-order valence-electron chi connectivity index (χ4n) is 1.36. The van der Waals surface area contributed by atoms with Crippen molar-refractivity contribution in [1.82, 2.24) is 16.0 Å². The second-order valence-electron chi connectivity index (χ2n) is 4.30. The summed E-state index contributed by atoms with van der Waals surface area (Å²) in [5.74, 6) is -1.47. The zero-order chi connectivity index (χ0) is 15.5. The molecule has 4 N–H and O–H groups in total. The monoisotopic (exact) mass is 289 g/mol. The third kappa shape index (κ3) is 7.57. The maximum Gasteiger partial charge on any atom is 0.326 e. The first kappa shape index (κ1) is 18.2. The number of hydrogen-bond acceptors (Lipinski definition) is 4. The first-order chi connectivity index (χ1) is 9.42. The summed E-state index contributed by atoms with van der Waals surface area (Å²) in [6, 6.07) is -2.49. The molecule has 0 heterocycles. The number of carbonyl (C=O) groups excluding carboxylic acids is 2. The van der Waals surface area contributed by atoms with E-state index in [0.717, 1.165) is 6.42 Å². The van der Waals surface area contributed by atoms with E-state index >= 15 is 0 Å². The molecule has 0 rings (SSSR count). The van der Waals surface area contributed by atoms with Gasteiger partial charge in [-0.3, -0.25) is 4.79 Å². The Balaban J connectivity index is 4.23. The molecular weight excluding hydrogens is 266 g/mol. The van der Waals surface area contributed by atoms with E-state index in [1.54, 1.807) is 0 Å². The van der Waals surface area contributed by atoms with Crippen molar-refractivity contribution in [2.24, 2.45) is 0 Å². The third-order valence-electron chi connectivity index (χ3n) is 2.50. The number of nitrogens with one attached hydrogen (secondary N) is 3. The molecule has 3 amide bonds. The number of ether oxygens (including phenoxy) is 1. The molecule has 0 spiro atoms. The Labute approximate surface area is 118 Å². The van der Waals surface area contributed by atoms with Crippen molar-refractivity contribution in [3.8, 4) is 0 Å². The van der Waals surface area contributed by atoms with Gasteiger partial charge in [0.15, 0.2) is 0 Å². The van der Waals surface area contributed by atoms with E-state index in [-0.39, 0.29) is 18.9 Å². The molecule has 8 heteroatoms. The van der Waals surface area contributed by atoms with Crippen LogP contribution in [0.4, 0.5) is 4.79 Å². The molecule has 8 nitrogen and oxygen atoms in total. The lowest BCUT2D eigenvalue weighted by molar-refractivity contribution is -0.139. The van der Waals surface area contributed by atoms with Crippen LogP contribution in [0.5, 0.6) is 0 Å². The summed E-state index contributed by atoms with van der Waals surface area (Å²) in [5, 5.41) is 16.2. The Morgan fingerprint density at radius 1 is 1.25 bits per heavy atom. The van der Waals surface area contributed by atoms with Crippen LogP contribution in [0.3, 0.4) is 0 Å². The van der Waals surface area contributed by atoms with E-state index < -0.39 is 24.1 Å². The van der Waals surface area contributed by atoms with Crippen molar-refractivity contribution in [3.05, 3.63) is 0 Å². The van der Waals surface area contributed by atoms with Crippen molar-refractivity contribution >= 4 is 17.9 Å². The molecule has 0 aliphatic heterocycles. The Kier molecular flexibility index (Phi) is 9.10. The Morgan fingerprint density at radius 3 is 2.40 bits per heavy atom. The van der Waals surface area contributed by atoms with Crippen LogP contribution in [0.2, 0.25) is 0 Å². The van der Waals surface area contributed by atoms with E-state index in [9.17, 15) is 14.4 Å². The molecule has 0 saturated carbocycles. The van der Waals surface area contributed by atoms with Crippen LogP contribution in [-0.2, 0) is 14.3 Å². The zero-order valence-corrected chi connectivity index (χ0v) is 12.1. The summed E-state index contributed by atoms with van der Waals surface area (Å²) in [6.45, 7) is 4.18. The first-order valence-corrected chi connectivity index (χ1v) is 6.48. The van der Waals surface area contributed by atoms with E-state index in [1.807, 2.05) is 6.92 Å². The topological polar surface area (TPSA) is 117 Å². The summed E-state index contributed by atoms with van der Waals surface area (Å²) < 4.78 is 4.77. The predicted molar refractivity (Wildman–Crippen MR) is 72.3 cm³/mol. The summed E-state index contributed by atoms with van der Waals surface area (Å²) >= 11 is 0. The van der Waals surface area contributed by atoms with Gasteiger partial charge in [-0.05, 0) is 13.3 Å². The second kappa shape index (κ2) is 10.0. The van der Waals surface area contributed by atoms with Gasteiger partial charge < -0.3 is 25.8 Å². The van der Waals surface area contributed by atoms with Gasteiger partial charge in [-0.1, -0.05) is 6.92 Å². The SMILES string of the molecule is CCCNC(=O)C(C)NC(=O)NC(CCOC)C(=O)O. The maximum atomic E-state index is 11.6. The molecule has 20 heavy (non-hydrogen) atoms. The van der Waals surface area contributed by atoms with Crippen LogP contribution < -0.4 is 16.0 Å². The highest BCUT2D eigenvalue weighted by Crippen LogP contribution is 1.93. The number of urea groups is 1. The lowest BCUT2D eigenvalue weighted by atomic mass is 10.2.